The number of rotatable bonds is 1. The molecule has 0 aromatic carbocycles. The third-order valence-corrected chi connectivity index (χ3v) is 2.88. The van der Waals surface area contributed by atoms with E-state index < -0.39 is 0 Å². The van der Waals surface area contributed by atoms with Crippen molar-refractivity contribution in [3.8, 4) is 0 Å². The van der Waals surface area contributed by atoms with Crippen molar-refractivity contribution in [2.75, 3.05) is 23.7 Å². The zero-order valence-electron chi connectivity index (χ0n) is 9.02. The first kappa shape index (κ1) is 9.45. The van der Waals surface area contributed by atoms with Crippen LogP contribution in [0.4, 0.5) is 11.7 Å². The summed E-state index contributed by atoms with van der Waals surface area (Å²) in [4.78, 5) is 10.7. The molecule has 1 aliphatic heterocycles. The molecule has 3 heterocycles. The summed E-state index contributed by atoms with van der Waals surface area (Å²) in [5.41, 5.74) is 7.55. The molecule has 2 aromatic rings. The molecule has 3 rings (SSSR count). The fourth-order valence-electron chi connectivity index (χ4n) is 2.04. The lowest BCUT2D eigenvalue weighted by Gasteiger charge is -2.24. The number of nitrogens with two attached hydrogens (primary N) is 1. The van der Waals surface area contributed by atoms with E-state index in [0.29, 0.717) is 22.9 Å². The lowest BCUT2D eigenvalue weighted by atomic mass is 10.1. The second-order valence-corrected chi connectivity index (χ2v) is 4.13. The molecule has 0 aliphatic carbocycles. The number of pyridine rings is 1. The maximum absolute atomic E-state index is 5.66. The largest absolute Gasteiger partial charge is 0.422 e. The van der Waals surface area contributed by atoms with Crippen LogP contribution in [0.2, 0.25) is 0 Å². The van der Waals surface area contributed by atoms with Crippen LogP contribution in [0.5, 0.6) is 0 Å². The van der Waals surface area contributed by atoms with E-state index in [9.17, 15) is 0 Å². The van der Waals surface area contributed by atoms with E-state index in [4.69, 9.17) is 10.2 Å². The number of nitrogen functional groups attached to an aromatic ring is 1. The lowest BCUT2D eigenvalue weighted by Crippen LogP contribution is -2.29. The van der Waals surface area contributed by atoms with E-state index in [1.807, 2.05) is 0 Å². The summed E-state index contributed by atoms with van der Waals surface area (Å²) in [5.74, 6) is 0. The Hall–Kier alpha value is -1.78. The van der Waals surface area contributed by atoms with Gasteiger partial charge in [-0.15, -0.1) is 0 Å². The molecule has 5 nitrogen and oxygen atoms in total. The number of piperidine rings is 1. The molecule has 1 aliphatic rings. The maximum Gasteiger partial charge on any atom is 0.299 e. The van der Waals surface area contributed by atoms with Crippen molar-refractivity contribution in [3.63, 3.8) is 0 Å². The van der Waals surface area contributed by atoms with Crippen LogP contribution in [0.25, 0.3) is 11.2 Å². The lowest BCUT2D eigenvalue weighted by molar-refractivity contribution is 0.509. The molecule has 16 heavy (non-hydrogen) atoms. The van der Waals surface area contributed by atoms with Gasteiger partial charge < -0.3 is 15.1 Å². The number of fused-ring (bicyclic) bond motifs is 1. The van der Waals surface area contributed by atoms with Crippen LogP contribution in [0.3, 0.4) is 0 Å². The highest BCUT2D eigenvalue weighted by atomic mass is 16.4. The molecule has 0 unspecified atom stereocenters. The van der Waals surface area contributed by atoms with Gasteiger partial charge in [0.05, 0.1) is 11.9 Å². The third-order valence-electron chi connectivity index (χ3n) is 2.88. The molecule has 1 fully saturated rings. The molecule has 0 spiro atoms. The zero-order valence-corrected chi connectivity index (χ0v) is 9.02. The van der Waals surface area contributed by atoms with Gasteiger partial charge in [0.2, 0.25) is 5.65 Å². The minimum Gasteiger partial charge on any atom is -0.422 e. The molecular weight excluding hydrogens is 204 g/mol. The fourth-order valence-corrected chi connectivity index (χ4v) is 2.04. The molecule has 5 heteroatoms. The van der Waals surface area contributed by atoms with E-state index in [1.54, 1.807) is 12.3 Å². The minimum absolute atomic E-state index is 0.605. The van der Waals surface area contributed by atoms with E-state index in [0.717, 1.165) is 13.1 Å². The number of aromatic nitrogens is 2. The van der Waals surface area contributed by atoms with Crippen LogP contribution in [0, 0.1) is 0 Å². The van der Waals surface area contributed by atoms with Gasteiger partial charge in [-0.25, -0.2) is 4.98 Å². The Labute approximate surface area is 93.3 Å². The van der Waals surface area contributed by atoms with Crippen molar-refractivity contribution >= 4 is 22.9 Å². The summed E-state index contributed by atoms with van der Waals surface area (Å²) in [6, 6.07) is 2.44. The second kappa shape index (κ2) is 3.66. The molecule has 2 N–H and O–H groups in total. The summed E-state index contributed by atoms with van der Waals surface area (Å²) in [7, 11) is 0. The molecule has 0 bridgehead atoms. The van der Waals surface area contributed by atoms with Crippen molar-refractivity contribution in [1.82, 2.24) is 9.97 Å². The molecule has 0 saturated carbocycles. The number of hydrogen-bond donors (Lipinski definition) is 1. The fraction of sp³-hybridized carbons (Fsp3) is 0.455. The monoisotopic (exact) mass is 218 g/mol. The van der Waals surface area contributed by atoms with Gasteiger partial charge >= 0.3 is 0 Å². The average Bonchev–Trinajstić information content (AvgIpc) is 2.73. The highest BCUT2D eigenvalue weighted by Gasteiger charge is 2.17. The summed E-state index contributed by atoms with van der Waals surface area (Å²) in [5, 5.41) is 0. The quantitative estimate of drug-likeness (QED) is 0.790. The summed E-state index contributed by atoms with van der Waals surface area (Å²) in [6.07, 6.45) is 5.30. The normalized spacial score (nSPS) is 16.9. The topological polar surface area (TPSA) is 68.2 Å². The Bertz CT molecular complexity index is 502. The first-order valence-electron chi connectivity index (χ1n) is 5.60. The van der Waals surface area contributed by atoms with Gasteiger partial charge in [-0.1, -0.05) is 0 Å². The number of hydrogen-bond acceptors (Lipinski definition) is 5. The average molecular weight is 218 g/mol. The summed E-state index contributed by atoms with van der Waals surface area (Å²) < 4.78 is 5.66. The Kier molecular flexibility index (Phi) is 2.16. The molecule has 1 saturated heterocycles. The van der Waals surface area contributed by atoms with Crippen molar-refractivity contribution < 1.29 is 4.42 Å². The molecule has 0 atom stereocenters. The summed E-state index contributed by atoms with van der Waals surface area (Å²) in [6.45, 7) is 2.03. The standard InChI is InChI=1S/C11H14N4O/c12-8-6-9-10(13-7-8)14-11(16-9)15-4-2-1-3-5-15/h6-7H,1-5,12H2. The van der Waals surface area contributed by atoms with Crippen LogP contribution in [-0.4, -0.2) is 23.1 Å². The van der Waals surface area contributed by atoms with E-state index in [1.165, 1.54) is 19.3 Å². The Morgan fingerprint density at radius 3 is 2.88 bits per heavy atom. The number of anilines is 2. The maximum atomic E-state index is 5.66. The first-order valence-corrected chi connectivity index (χ1v) is 5.60. The zero-order chi connectivity index (χ0) is 11.0. The minimum atomic E-state index is 0.605. The first-order chi connectivity index (χ1) is 7.83. The van der Waals surface area contributed by atoms with Gasteiger partial charge in [-0.3, -0.25) is 0 Å². The van der Waals surface area contributed by atoms with Crippen molar-refractivity contribution in [2.24, 2.45) is 0 Å². The highest BCUT2D eigenvalue weighted by molar-refractivity contribution is 5.73. The second-order valence-electron chi connectivity index (χ2n) is 4.13. The van der Waals surface area contributed by atoms with Gasteiger partial charge in [0.15, 0.2) is 5.58 Å². The predicted octanol–water partition coefficient (Wildman–Crippen LogP) is 1.80. The van der Waals surface area contributed by atoms with Crippen LogP contribution in [0.15, 0.2) is 16.7 Å². The number of nitrogens with zero attached hydrogens (tertiary/aromatic N) is 3. The molecule has 84 valence electrons. The smallest absolute Gasteiger partial charge is 0.299 e. The molecule has 0 amide bonds. The molecule has 0 radical (unpaired) electrons. The third kappa shape index (κ3) is 1.58. The van der Waals surface area contributed by atoms with Crippen LogP contribution in [0.1, 0.15) is 19.3 Å². The number of oxazole rings is 1. The van der Waals surface area contributed by atoms with E-state index in [2.05, 4.69) is 14.9 Å². The van der Waals surface area contributed by atoms with Crippen LogP contribution in [-0.2, 0) is 0 Å². The van der Waals surface area contributed by atoms with Gasteiger partial charge in [0, 0.05) is 19.2 Å². The van der Waals surface area contributed by atoms with Crippen LogP contribution >= 0.6 is 0 Å². The van der Waals surface area contributed by atoms with Crippen LogP contribution < -0.4 is 10.6 Å². The van der Waals surface area contributed by atoms with E-state index in [-0.39, 0.29) is 0 Å². The van der Waals surface area contributed by atoms with Gasteiger partial charge in [0.25, 0.3) is 6.01 Å². The Morgan fingerprint density at radius 1 is 1.25 bits per heavy atom. The van der Waals surface area contributed by atoms with E-state index >= 15 is 0 Å². The predicted molar refractivity (Wildman–Crippen MR) is 62.3 cm³/mol. The van der Waals surface area contributed by atoms with Gasteiger partial charge in [-0.2, -0.15) is 4.98 Å². The van der Waals surface area contributed by atoms with Gasteiger partial charge in [-0.05, 0) is 19.3 Å². The Balaban J connectivity index is 1.97. The van der Waals surface area contributed by atoms with Gasteiger partial charge in [0.1, 0.15) is 0 Å². The van der Waals surface area contributed by atoms with Crippen molar-refractivity contribution in [3.05, 3.63) is 12.3 Å². The highest BCUT2D eigenvalue weighted by Crippen LogP contribution is 2.24. The Morgan fingerprint density at radius 2 is 2.06 bits per heavy atom. The summed E-state index contributed by atoms with van der Waals surface area (Å²) >= 11 is 0. The molecular formula is C11H14N4O. The molecule has 2 aromatic heterocycles. The SMILES string of the molecule is Nc1cnc2nc(N3CCCCC3)oc2c1. The van der Waals surface area contributed by atoms with Crippen molar-refractivity contribution in [2.45, 2.75) is 19.3 Å². The van der Waals surface area contributed by atoms with Crippen molar-refractivity contribution in [1.29, 1.82) is 0 Å².